The standard InChI is InChI=1S/C21H22FNO3/c1-3-4-11-25-17-9-10-19-18(12-17)20(14(2)26-19)21(24)23-13-15-5-7-16(22)8-6-15/h5-10,12H,3-4,11,13H2,1-2H3,(H,23,24). The van der Waals surface area contributed by atoms with Crippen LogP contribution in [0.1, 0.15) is 41.4 Å². The van der Waals surface area contributed by atoms with Crippen molar-refractivity contribution in [2.45, 2.75) is 33.2 Å². The molecule has 3 rings (SSSR count). The lowest BCUT2D eigenvalue weighted by Crippen LogP contribution is -2.23. The Labute approximate surface area is 152 Å². The molecule has 0 saturated carbocycles. The molecule has 0 saturated heterocycles. The molecule has 3 aromatic rings. The van der Waals surface area contributed by atoms with Gasteiger partial charge in [-0.15, -0.1) is 0 Å². The van der Waals surface area contributed by atoms with E-state index in [2.05, 4.69) is 12.2 Å². The number of unbranched alkanes of at least 4 members (excludes halogenated alkanes) is 1. The van der Waals surface area contributed by atoms with Crippen molar-refractivity contribution in [1.82, 2.24) is 5.32 Å². The van der Waals surface area contributed by atoms with E-state index in [0.29, 0.717) is 30.1 Å². The van der Waals surface area contributed by atoms with E-state index in [1.165, 1.54) is 12.1 Å². The molecule has 1 amide bonds. The van der Waals surface area contributed by atoms with Crippen molar-refractivity contribution in [3.05, 3.63) is 65.2 Å². The fourth-order valence-electron chi connectivity index (χ4n) is 2.78. The molecule has 2 aromatic carbocycles. The number of amides is 1. The van der Waals surface area contributed by atoms with Gasteiger partial charge in [-0.3, -0.25) is 4.79 Å². The summed E-state index contributed by atoms with van der Waals surface area (Å²) in [4.78, 5) is 12.7. The second-order valence-electron chi connectivity index (χ2n) is 6.20. The van der Waals surface area contributed by atoms with Gasteiger partial charge in [-0.25, -0.2) is 4.39 Å². The molecule has 5 heteroatoms. The molecule has 0 fully saturated rings. The smallest absolute Gasteiger partial charge is 0.255 e. The quantitative estimate of drug-likeness (QED) is 0.608. The zero-order valence-corrected chi connectivity index (χ0v) is 15.0. The van der Waals surface area contributed by atoms with Gasteiger partial charge in [-0.1, -0.05) is 25.5 Å². The highest BCUT2D eigenvalue weighted by Gasteiger charge is 2.18. The molecule has 26 heavy (non-hydrogen) atoms. The zero-order chi connectivity index (χ0) is 18.5. The lowest BCUT2D eigenvalue weighted by Gasteiger charge is -2.07. The molecule has 136 valence electrons. The molecule has 0 spiro atoms. The van der Waals surface area contributed by atoms with E-state index in [9.17, 15) is 9.18 Å². The Morgan fingerprint density at radius 3 is 2.69 bits per heavy atom. The Morgan fingerprint density at radius 1 is 1.19 bits per heavy atom. The van der Waals surface area contributed by atoms with Gasteiger partial charge < -0.3 is 14.5 Å². The number of nitrogens with one attached hydrogen (secondary N) is 1. The minimum atomic E-state index is -0.299. The van der Waals surface area contributed by atoms with Crippen LogP contribution in [0.15, 0.2) is 46.9 Å². The van der Waals surface area contributed by atoms with Crippen LogP contribution in [-0.2, 0) is 6.54 Å². The van der Waals surface area contributed by atoms with Crippen LogP contribution >= 0.6 is 0 Å². The number of hydrogen-bond donors (Lipinski definition) is 1. The van der Waals surface area contributed by atoms with Crippen molar-refractivity contribution in [1.29, 1.82) is 0 Å². The molecule has 1 aromatic heterocycles. The minimum Gasteiger partial charge on any atom is -0.494 e. The highest BCUT2D eigenvalue weighted by atomic mass is 19.1. The van der Waals surface area contributed by atoms with Gasteiger partial charge in [0.15, 0.2) is 0 Å². The summed E-state index contributed by atoms with van der Waals surface area (Å²) in [6.45, 7) is 4.84. The third kappa shape index (κ3) is 4.04. The summed E-state index contributed by atoms with van der Waals surface area (Å²) >= 11 is 0. The monoisotopic (exact) mass is 355 g/mol. The van der Waals surface area contributed by atoms with Crippen LogP contribution in [0.2, 0.25) is 0 Å². The molecule has 0 unspecified atom stereocenters. The minimum absolute atomic E-state index is 0.226. The van der Waals surface area contributed by atoms with Crippen LogP contribution in [0, 0.1) is 12.7 Å². The first kappa shape index (κ1) is 18.0. The lowest BCUT2D eigenvalue weighted by molar-refractivity contribution is 0.0951. The van der Waals surface area contributed by atoms with E-state index in [4.69, 9.17) is 9.15 Å². The third-order valence-electron chi connectivity index (χ3n) is 4.20. The summed E-state index contributed by atoms with van der Waals surface area (Å²) < 4.78 is 24.4. The van der Waals surface area contributed by atoms with Gasteiger partial charge in [-0.2, -0.15) is 0 Å². The molecule has 1 N–H and O–H groups in total. The Kier molecular flexibility index (Phi) is 5.56. The van der Waals surface area contributed by atoms with E-state index < -0.39 is 0 Å². The number of benzene rings is 2. The van der Waals surface area contributed by atoms with E-state index in [1.807, 2.05) is 18.2 Å². The van der Waals surface area contributed by atoms with Crippen molar-refractivity contribution in [2.24, 2.45) is 0 Å². The molecule has 0 aliphatic rings. The van der Waals surface area contributed by atoms with Crippen LogP contribution in [-0.4, -0.2) is 12.5 Å². The summed E-state index contributed by atoms with van der Waals surface area (Å²) in [5.41, 5.74) is 1.98. The first-order valence-corrected chi connectivity index (χ1v) is 8.77. The van der Waals surface area contributed by atoms with Crippen molar-refractivity contribution < 1.29 is 18.3 Å². The van der Waals surface area contributed by atoms with Gasteiger partial charge in [0.05, 0.1) is 12.2 Å². The second kappa shape index (κ2) is 8.04. The van der Waals surface area contributed by atoms with Gasteiger partial charge in [0.25, 0.3) is 5.91 Å². The average molecular weight is 355 g/mol. The summed E-state index contributed by atoms with van der Waals surface area (Å²) in [6.07, 6.45) is 2.04. The molecular formula is C21H22FNO3. The maximum atomic E-state index is 13.0. The van der Waals surface area contributed by atoms with Crippen LogP contribution < -0.4 is 10.1 Å². The van der Waals surface area contributed by atoms with Crippen molar-refractivity contribution >= 4 is 16.9 Å². The maximum absolute atomic E-state index is 13.0. The normalized spacial score (nSPS) is 10.9. The number of rotatable bonds is 7. The summed E-state index contributed by atoms with van der Waals surface area (Å²) in [5, 5.41) is 3.59. The zero-order valence-electron chi connectivity index (χ0n) is 15.0. The number of furan rings is 1. The average Bonchev–Trinajstić information content (AvgIpc) is 2.96. The van der Waals surface area contributed by atoms with Crippen molar-refractivity contribution in [3.63, 3.8) is 0 Å². The number of hydrogen-bond acceptors (Lipinski definition) is 3. The highest BCUT2D eigenvalue weighted by molar-refractivity contribution is 6.07. The first-order chi connectivity index (χ1) is 12.6. The van der Waals surface area contributed by atoms with Gasteiger partial charge in [0.1, 0.15) is 22.9 Å². The predicted octanol–water partition coefficient (Wildman–Crippen LogP) is 4.99. The Bertz CT molecular complexity index is 900. The van der Waals surface area contributed by atoms with Crippen LogP contribution in [0.3, 0.4) is 0 Å². The molecule has 4 nitrogen and oxygen atoms in total. The number of fused-ring (bicyclic) bond motifs is 1. The second-order valence-corrected chi connectivity index (χ2v) is 6.20. The largest absolute Gasteiger partial charge is 0.494 e. The number of aryl methyl sites for hydroxylation is 1. The number of halogens is 1. The first-order valence-electron chi connectivity index (χ1n) is 8.77. The number of carbonyl (C=O) groups excluding carboxylic acids is 1. The van der Waals surface area contributed by atoms with Crippen molar-refractivity contribution in [3.8, 4) is 5.75 Å². The van der Waals surface area contributed by atoms with E-state index in [0.717, 1.165) is 29.5 Å². The molecular weight excluding hydrogens is 333 g/mol. The topological polar surface area (TPSA) is 51.5 Å². The Balaban J connectivity index is 1.78. The molecule has 0 radical (unpaired) electrons. The molecule has 0 bridgehead atoms. The van der Waals surface area contributed by atoms with Crippen LogP contribution in [0.4, 0.5) is 4.39 Å². The maximum Gasteiger partial charge on any atom is 0.255 e. The van der Waals surface area contributed by atoms with Gasteiger partial charge in [0.2, 0.25) is 0 Å². The summed E-state index contributed by atoms with van der Waals surface area (Å²) in [7, 11) is 0. The van der Waals surface area contributed by atoms with E-state index in [1.54, 1.807) is 19.1 Å². The van der Waals surface area contributed by atoms with Crippen molar-refractivity contribution in [2.75, 3.05) is 6.61 Å². The molecule has 0 atom stereocenters. The number of ether oxygens (including phenoxy) is 1. The third-order valence-corrected chi connectivity index (χ3v) is 4.20. The highest BCUT2D eigenvalue weighted by Crippen LogP contribution is 2.29. The summed E-state index contributed by atoms with van der Waals surface area (Å²) in [6, 6.07) is 11.6. The Morgan fingerprint density at radius 2 is 1.96 bits per heavy atom. The van der Waals surface area contributed by atoms with E-state index >= 15 is 0 Å². The van der Waals surface area contributed by atoms with Crippen LogP contribution in [0.5, 0.6) is 5.75 Å². The van der Waals surface area contributed by atoms with Gasteiger partial charge >= 0.3 is 0 Å². The summed E-state index contributed by atoms with van der Waals surface area (Å²) in [5.74, 6) is 0.755. The lowest BCUT2D eigenvalue weighted by atomic mass is 10.1. The number of carbonyl (C=O) groups is 1. The fraction of sp³-hybridized carbons (Fsp3) is 0.286. The molecule has 0 aliphatic carbocycles. The fourth-order valence-corrected chi connectivity index (χ4v) is 2.78. The predicted molar refractivity (Wildman–Crippen MR) is 98.9 cm³/mol. The van der Waals surface area contributed by atoms with Gasteiger partial charge in [0, 0.05) is 11.9 Å². The van der Waals surface area contributed by atoms with Crippen LogP contribution in [0.25, 0.3) is 11.0 Å². The Hall–Kier alpha value is -2.82. The molecule has 0 aliphatic heterocycles. The van der Waals surface area contributed by atoms with E-state index in [-0.39, 0.29) is 11.7 Å². The molecule has 1 heterocycles. The SMILES string of the molecule is CCCCOc1ccc2oc(C)c(C(=O)NCc3ccc(F)cc3)c2c1. The van der Waals surface area contributed by atoms with Gasteiger partial charge in [-0.05, 0) is 49.2 Å².